The van der Waals surface area contributed by atoms with Gasteiger partial charge in [-0.2, -0.15) is 0 Å². The number of carbonyl (C=O) groups is 1. The zero-order valence-corrected chi connectivity index (χ0v) is 20.3. The molecule has 1 aromatic carbocycles. The molecule has 2 N–H and O–H groups in total. The first kappa shape index (κ1) is 23.7. The lowest BCUT2D eigenvalue weighted by molar-refractivity contribution is 0.0686. The smallest absolute Gasteiger partial charge is 0.406 e. The topological polar surface area (TPSA) is 61.8 Å². The van der Waals surface area contributed by atoms with Gasteiger partial charge in [-0.05, 0) is 68.5 Å². The minimum atomic E-state index is -1.90. The molecule has 29 heavy (non-hydrogen) atoms. The lowest BCUT2D eigenvalue weighted by atomic mass is 9.87. The van der Waals surface area contributed by atoms with Gasteiger partial charge in [-0.15, -0.1) is 0 Å². The van der Waals surface area contributed by atoms with Crippen molar-refractivity contribution in [2.75, 3.05) is 18.4 Å². The van der Waals surface area contributed by atoms with Crippen molar-refractivity contribution in [1.82, 2.24) is 4.90 Å². The molecule has 0 radical (unpaired) electrons. The Morgan fingerprint density at radius 3 is 2.48 bits per heavy atom. The minimum Gasteiger partial charge on any atom is -0.433 e. The molecule has 1 saturated heterocycles. The van der Waals surface area contributed by atoms with Crippen molar-refractivity contribution in [3.05, 3.63) is 41.0 Å². The van der Waals surface area contributed by atoms with Crippen LogP contribution in [0.1, 0.15) is 48.7 Å². The SMILES string of the molecule is C=C1C[C@@H](CO[Si](C)(C)C(C)(C)C)N(C(=O)c2cc(C)c(C)cc2NB(C)O)C1. The van der Waals surface area contributed by atoms with Crippen molar-refractivity contribution in [3.63, 3.8) is 0 Å². The molecule has 1 aromatic rings. The number of aryl methyl sites for hydroxylation is 2. The molecule has 1 heterocycles. The highest BCUT2D eigenvalue weighted by atomic mass is 28.4. The van der Waals surface area contributed by atoms with Gasteiger partial charge in [0.1, 0.15) is 0 Å². The Labute approximate surface area is 177 Å². The molecule has 2 rings (SSSR count). The number of carbonyl (C=O) groups excluding carboxylic acids is 1. The predicted molar refractivity (Wildman–Crippen MR) is 125 cm³/mol. The van der Waals surface area contributed by atoms with E-state index in [1.807, 2.05) is 30.9 Å². The number of hydrogen-bond acceptors (Lipinski definition) is 4. The molecule has 7 heteroatoms. The summed E-state index contributed by atoms with van der Waals surface area (Å²) < 4.78 is 6.43. The summed E-state index contributed by atoms with van der Waals surface area (Å²) >= 11 is 0. The Morgan fingerprint density at radius 1 is 1.34 bits per heavy atom. The average Bonchev–Trinajstić information content (AvgIpc) is 2.95. The van der Waals surface area contributed by atoms with Crippen LogP contribution in [0.15, 0.2) is 24.3 Å². The molecule has 1 aliphatic rings. The van der Waals surface area contributed by atoms with E-state index in [1.165, 1.54) is 0 Å². The number of anilines is 1. The van der Waals surface area contributed by atoms with Crippen molar-refractivity contribution in [1.29, 1.82) is 0 Å². The maximum absolute atomic E-state index is 13.5. The van der Waals surface area contributed by atoms with Crippen LogP contribution in [0, 0.1) is 13.8 Å². The van der Waals surface area contributed by atoms with E-state index in [4.69, 9.17) is 4.43 Å². The number of likely N-dealkylation sites (tertiary alicyclic amines) is 1. The molecule has 1 atom stereocenters. The van der Waals surface area contributed by atoms with E-state index in [2.05, 4.69) is 45.7 Å². The van der Waals surface area contributed by atoms with Gasteiger partial charge >= 0.3 is 7.05 Å². The Kier molecular flexibility index (Phi) is 7.08. The minimum absolute atomic E-state index is 0.00914. The Balaban J connectivity index is 2.29. The van der Waals surface area contributed by atoms with Crippen LogP contribution in [0.2, 0.25) is 25.0 Å². The van der Waals surface area contributed by atoms with Gasteiger partial charge in [-0.25, -0.2) is 0 Å². The van der Waals surface area contributed by atoms with Gasteiger partial charge in [-0.3, -0.25) is 4.79 Å². The Hall–Kier alpha value is -1.57. The fraction of sp³-hybridized carbons (Fsp3) is 0.591. The van der Waals surface area contributed by atoms with Crippen LogP contribution in [0.4, 0.5) is 5.69 Å². The quantitative estimate of drug-likeness (QED) is 0.525. The highest BCUT2D eigenvalue weighted by molar-refractivity contribution is 6.74. The summed E-state index contributed by atoms with van der Waals surface area (Å²) in [7, 11) is -2.64. The van der Waals surface area contributed by atoms with Crippen LogP contribution in [-0.4, -0.2) is 50.4 Å². The third-order valence-electron chi connectivity index (χ3n) is 6.29. The molecule has 0 spiro atoms. The van der Waals surface area contributed by atoms with E-state index in [9.17, 15) is 9.82 Å². The molecule has 0 saturated carbocycles. The Bertz CT molecular complexity index is 787. The van der Waals surface area contributed by atoms with E-state index < -0.39 is 15.4 Å². The number of hydrogen-bond donors (Lipinski definition) is 2. The molecule has 1 amide bonds. The van der Waals surface area contributed by atoms with Crippen molar-refractivity contribution < 1.29 is 14.2 Å². The first-order chi connectivity index (χ1) is 13.2. The molecular weight excluding hydrogens is 379 g/mol. The number of amides is 1. The average molecular weight is 416 g/mol. The second-order valence-electron chi connectivity index (χ2n) is 9.91. The third kappa shape index (κ3) is 5.53. The lowest BCUT2D eigenvalue weighted by Gasteiger charge is -2.38. The lowest BCUT2D eigenvalue weighted by Crippen LogP contribution is -2.46. The van der Waals surface area contributed by atoms with Crippen LogP contribution in [0.3, 0.4) is 0 Å². The highest BCUT2D eigenvalue weighted by Gasteiger charge is 2.40. The van der Waals surface area contributed by atoms with Gasteiger partial charge in [0.15, 0.2) is 8.32 Å². The van der Waals surface area contributed by atoms with Gasteiger partial charge in [0, 0.05) is 12.2 Å². The summed E-state index contributed by atoms with van der Waals surface area (Å²) in [6, 6.07) is 3.83. The van der Waals surface area contributed by atoms with Crippen LogP contribution < -0.4 is 5.23 Å². The van der Waals surface area contributed by atoms with Gasteiger partial charge in [0.25, 0.3) is 5.91 Å². The Morgan fingerprint density at radius 2 is 1.93 bits per heavy atom. The summed E-state index contributed by atoms with van der Waals surface area (Å²) in [5.41, 5.74) is 4.43. The van der Waals surface area contributed by atoms with Gasteiger partial charge < -0.3 is 19.6 Å². The summed E-state index contributed by atoms with van der Waals surface area (Å²) in [5, 5.41) is 13.0. The van der Waals surface area contributed by atoms with Crippen LogP contribution >= 0.6 is 0 Å². The number of benzene rings is 1. The zero-order valence-electron chi connectivity index (χ0n) is 19.3. The number of nitrogens with zero attached hydrogens (tertiary/aromatic N) is 1. The molecule has 0 aromatic heterocycles. The van der Waals surface area contributed by atoms with Crippen LogP contribution in [-0.2, 0) is 4.43 Å². The fourth-order valence-electron chi connectivity index (χ4n) is 3.28. The van der Waals surface area contributed by atoms with E-state index in [1.54, 1.807) is 6.82 Å². The van der Waals surface area contributed by atoms with Crippen molar-refractivity contribution in [3.8, 4) is 0 Å². The maximum atomic E-state index is 13.5. The summed E-state index contributed by atoms with van der Waals surface area (Å²) in [6.07, 6.45) is 0.768. The first-order valence-electron chi connectivity index (χ1n) is 10.4. The summed E-state index contributed by atoms with van der Waals surface area (Å²) in [6.45, 7) is 22.0. The van der Waals surface area contributed by atoms with Crippen molar-refractivity contribution >= 4 is 27.0 Å². The molecule has 0 unspecified atom stereocenters. The van der Waals surface area contributed by atoms with E-state index >= 15 is 0 Å². The van der Waals surface area contributed by atoms with Crippen LogP contribution in [0.5, 0.6) is 0 Å². The fourth-order valence-corrected chi connectivity index (χ4v) is 4.32. The van der Waals surface area contributed by atoms with Gasteiger partial charge in [0.05, 0.1) is 18.2 Å². The van der Waals surface area contributed by atoms with Gasteiger partial charge in [-0.1, -0.05) is 32.9 Å². The highest BCUT2D eigenvalue weighted by Crippen LogP contribution is 2.37. The first-order valence-corrected chi connectivity index (χ1v) is 13.3. The maximum Gasteiger partial charge on any atom is 0.406 e. The predicted octanol–water partition coefficient (Wildman–Crippen LogP) is 4.62. The number of nitrogens with one attached hydrogen (secondary N) is 1. The second kappa shape index (κ2) is 8.66. The summed E-state index contributed by atoms with van der Waals surface area (Å²) in [5.74, 6) is -0.0428. The zero-order chi connectivity index (χ0) is 22.1. The van der Waals surface area contributed by atoms with Gasteiger partial charge in [0.2, 0.25) is 0 Å². The largest absolute Gasteiger partial charge is 0.433 e. The second-order valence-corrected chi connectivity index (χ2v) is 14.7. The van der Waals surface area contributed by atoms with E-state index in [0.29, 0.717) is 24.4 Å². The molecule has 5 nitrogen and oxygen atoms in total. The molecule has 1 aliphatic heterocycles. The normalized spacial score (nSPS) is 17.6. The summed E-state index contributed by atoms with van der Waals surface area (Å²) in [4.78, 5) is 15.4. The third-order valence-corrected chi connectivity index (χ3v) is 10.8. The molecule has 1 fully saturated rings. The molecule has 0 bridgehead atoms. The van der Waals surface area contributed by atoms with Crippen molar-refractivity contribution in [2.24, 2.45) is 0 Å². The van der Waals surface area contributed by atoms with Crippen LogP contribution in [0.25, 0.3) is 0 Å². The number of rotatable bonds is 6. The monoisotopic (exact) mass is 416 g/mol. The molecule has 0 aliphatic carbocycles. The molecular formula is C22H37BN2O3Si. The van der Waals surface area contributed by atoms with E-state index in [-0.39, 0.29) is 17.0 Å². The van der Waals surface area contributed by atoms with E-state index in [0.717, 1.165) is 23.1 Å². The molecule has 160 valence electrons. The standard InChI is InChI=1S/C22H37BN2O3Si/c1-15-10-18(14-28-29(8,9)22(4,5)6)25(13-15)21(26)19-11-16(2)17(3)12-20(19)24-23(7)27/h11-12,18,24,27H,1,10,13-14H2,2-9H3/t18-/m0/s1. The van der Waals surface area contributed by atoms with Crippen molar-refractivity contribution in [2.45, 2.75) is 72.0 Å².